The van der Waals surface area contributed by atoms with Crippen molar-refractivity contribution in [3.8, 4) is 28.8 Å². The molecule has 8 rings (SSSR count). The Kier molecular flexibility index (Phi) is 6.54. The molecule has 8 aromatic rings. The molecule has 0 bridgehead atoms. The van der Waals surface area contributed by atoms with Crippen LogP contribution in [0.1, 0.15) is 58.8 Å². The first kappa shape index (κ1) is 29.6. The molecular weight excluding hydrogens is 589 g/mol. The van der Waals surface area contributed by atoms with Crippen LogP contribution in [0.4, 0.5) is 0 Å². The summed E-state index contributed by atoms with van der Waals surface area (Å²) < 4.78 is 4.65. The molecule has 0 aliphatic rings. The van der Waals surface area contributed by atoms with Crippen molar-refractivity contribution in [1.29, 1.82) is 5.26 Å². The number of benzene rings is 5. The first-order valence-corrected chi connectivity index (χ1v) is 16.4. The molecule has 0 radical (unpaired) electrons. The lowest BCUT2D eigenvalue weighted by Gasteiger charge is -2.23. The number of rotatable bonds is 3. The van der Waals surface area contributed by atoms with Gasteiger partial charge in [0.05, 0.1) is 39.4 Å². The molecule has 0 saturated carbocycles. The summed E-state index contributed by atoms with van der Waals surface area (Å²) >= 11 is 0. The standard InChI is InChI=1S/C42H36N6/c1-41(2,3)39-44-38(45-40(46-39)42(4,5)6)32-23-26(25-43)19-22-36(32)48-35-18-12-9-15-30(35)31-21-20-27(24-37(31)48)47-33-16-10-7-13-28(33)29-14-8-11-17-34(29)47/h7-24H,1-6H3. The van der Waals surface area contributed by atoms with Crippen molar-refractivity contribution in [2.75, 3.05) is 0 Å². The van der Waals surface area contributed by atoms with Crippen LogP contribution in [0.5, 0.6) is 0 Å². The Balaban J connectivity index is 1.46. The lowest BCUT2D eigenvalue weighted by molar-refractivity contribution is 0.497. The van der Waals surface area contributed by atoms with E-state index in [1.54, 1.807) is 0 Å². The maximum atomic E-state index is 10.0. The molecule has 6 heteroatoms. The topological polar surface area (TPSA) is 72.3 Å². The molecule has 6 nitrogen and oxygen atoms in total. The number of hydrogen-bond donors (Lipinski definition) is 0. The zero-order valence-electron chi connectivity index (χ0n) is 28.1. The zero-order valence-corrected chi connectivity index (χ0v) is 28.1. The summed E-state index contributed by atoms with van der Waals surface area (Å²) in [6, 6.07) is 40.6. The Morgan fingerprint density at radius 3 is 1.54 bits per heavy atom. The average Bonchev–Trinajstić information content (AvgIpc) is 3.59. The van der Waals surface area contributed by atoms with E-state index in [0.717, 1.165) is 61.4 Å². The third-order valence-electron chi connectivity index (χ3n) is 9.08. The summed E-state index contributed by atoms with van der Waals surface area (Å²) in [5.74, 6) is 2.01. The van der Waals surface area contributed by atoms with Gasteiger partial charge in [0.1, 0.15) is 11.6 Å². The average molecular weight is 625 g/mol. The Labute approximate surface area is 280 Å². The number of nitrogens with zero attached hydrogens (tertiary/aromatic N) is 6. The molecule has 0 amide bonds. The molecule has 5 aromatic carbocycles. The molecule has 3 heterocycles. The van der Waals surface area contributed by atoms with Crippen molar-refractivity contribution in [1.82, 2.24) is 24.1 Å². The van der Waals surface area contributed by atoms with Crippen molar-refractivity contribution in [3.63, 3.8) is 0 Å². The predicted molar refractivity (Wildman–Crippen MR) is 196 cm³/mol. The third-order valence-corrected chi connectivity index (χ3v) is 9.08. The van der Waals surface area contributed by atoms with E-state index in [0.29, 0.717) is 11.4 Å². The van der Waals surface area contributed by atoms with Gasteiger partial charge < -0.3 is 9.13 Å². The molecule has 3 aromatic heterocycles. The van der Waals surface area contributed by atoms with Gasteiger partial charge >= 0.3 is 0 Å². The second-order valence-corrected chi connectivity index (χ2v) is 14.6. The Hall–Kier alpha value is -5.80. The smallest absolute Gasteiger partial charge is 0.165 e. The zero-order chi connectivity index (χ0) is 33.4. The summed E-state index contributed by atoms with van der Waals surface area (Å²) in [5.41, 5.74) is 7.18. The van der Waals surface area contributed by atoms with Crippen LogP contribution in [0, 0.1) is 11.3 Å². The molecule has 0 atom stereocenters. The van der Waals surface area contributed by atoms with Crippen LogP contribution in [-0.2, 0) is 10.8 Å². The normalized spacial score (nSPS) is 12.4. The predicted octanol–water partition coefficient (Wildman–Crippen LogP) is 10.2. The second kappa shape index (κ2) is 10.6. The van der Waals surface area contributed by atoms with Crippen LogP contribution in [0.2, 0.25) is 0 Å². The van der Waals surface area contributed by atoms with Gasteiger partial charge in [-0.05, 0) is 48.5 Å². The summed E-state index contributed by atoms with van der Waals surface area (Å²) in [6.45, 7) is 12.7. The van der Waals surface area contributed by atoms with Crippen LogP contribution in [0.15, 0.2) is 109 Å². The van der Waals surface area contributed by atoms with Gasteiger partial charge in [0, 0.05) is 43.6 Å². The van der Waals surface area contributed by atoms with E-state index < -0.39 is 0 Å². The van der Waals surface area contributed by atoms with E-state index in [9.17, 15) is 5.26 Å². The molecule has 0 spiro atoms. The number of nitriles is 1. The molecule has 0 aliphatic carbocycles. The van der Waals surface area contributed by atoms with Crippen molar-refractivity contribution < 1.29 is 0 Å². The van der Waals surface area contributed by atoms with Gasteiger partial charge in [-0.1, -0.05) is 102 Å². The van der Waals surface area contributed by atoms with Gasteiger partial charge in [-0.15, -0.1) is 0 Å². The number of aromatic nitrogens is 5. The monoisotopic (exact) mass is 624 g/mol. The van der Waals surface area contributed by atoms with Gasteiger partial charge in [0.25, 0.3) is 0 Å². The maximum Gasteiger partial charge on any atom is 0.165 e. The highest BCUT2D eigenvalue weighted by molar-refractivity contribution is 6.12. The first-order chi connectivity index (χ1) is 23.0. The van der Waals surface area contributed by atoms with Crippen LogP contribution >= 0.6 is 0 Å². The van der Waals surface area contributed by atoms with Gasteiger partial charge in [-0.2, -0.15) is 5.26 Å². The van der Waals surface area contributed by atoms with Crippen LogP contribution in [-0.4, -0.2) is 24.1 Å². The molecule has 0 N–H and O–H groups in total. The molecule has 48 heavy (non-hydrogen) atoms. The maximum absolute atomic E-state index is 10.0. The fourth-order valence-electron chi connectivity index (χ4n) is 6.71. The van der Waals surface area contributed by atoms with Crippen molar-refractivity contribution in [2.45, 2.75) is 52.4 Å². The first-order valence-electron chi connectivity index (χ1n) is 16.4. The highest BCUT2D eigenvalue weighted by Gasteiger charge is 2.27. The van der Waals surface area contributed by atoms with Crippen LogP contribution in [0.3, 0.4) is 0 Å². The molecule has 0 unspecified atom stereocenters. The highest BCUT2D eigenvalue weighted by Crippen LogP contribution is 2.39. The summed E-state index contributed by atoms with van der Waals surface area (Å²) in [6.07, 6.45) is 0. The van der Waals surface area contributed by atoms with E-state index >= 15 is 0 Å². The van der Waals surface area contributed by atoms with Crippen LogP contribution < -0.4 is 0 Å². The molecule has 0 aliphatic heterocycles. The SMILES string of the molecule is CC(C)(C)c1nc(-c2cc(C#N)ccc2-n2c3ccccc3c3ccc(-n4c5ccccc5c5ccccc54)cc32)nc(C(C)(C)C)n1. The fourth-order valence-corrected chi connectivity index (χ4v) is 6.71. The van der Waals surface area contributed by atoms with Crippen LogP contribution in [0.25, 0.3) is 66.4 Å². The summed E-state index contributed by atoms with van der Waals surface area (Å²) in [4.78, 5) is 15.1. The van der Waals surface area contributed by atoms with Gasteiger partial charge in [0.2, 0.25) is 0 Å². The van der Waals surface area contributed by atoms with E-state index in [1.165, 1.54) is 10.8 Å². The minimum absolute atomic E-state index is 0.297. The van der Waals surface area contributed by atoms with Gasteiger partial charge in [-0.3, -0.25) is 0 Å². The van der Waals surface area contributed by atoms with Crippen molar-refractivity contribution in [2.24, 2.45) is 0 Å². The minimum Gasteiger partial charge on any atom is -0.309 e. The Morgan fingerprint density at radius 2 is 1.02 bits per heavy atom. The van der Waals surface area contributed by atoms with Gasteiger partial charge in [0.15, 0.2) is 5.82 Å². The molecule has 234 valence electrons. The van der Waals surface area contributed by atoms with Crippen molar-refractivity contribution >= 4 is 43.6 Å². The van der Waals surface area contributed by atoms with Crippen molar-refractivity contribution in [3.05, 3.63) is 126 Å². The lowest BCUT2D eigenvalue weighted by Crippen LogP contribution is -2.24. The lowest BCUT2D eigenvalue weighted by atomic mass is 9.92. The molecule has 0 saturated heterocycles. The second-order valence-electron chi connectivity index (χ2n) is 14.6. The van der Waals surface area contributed by atoms with E-state index in [2.05, 4.69) is 148 Å². The van der Waals surface area contributed by atoms with Gasteiger partial charge in [-0.25, -0.2) is 15.0 Å². The van der Waals surface area contributed by atoms with E-state index in [-0.39, 0.29) is 10.8 Å². The fraction of sp³-hybridized carbons (Fsp3) is 0.190. The molecular formula is C42H36N6. The third kappa shape index (κ3) is 4.65. The number of hydrogen-bond acceptors (Lipinski definition) is 4. The Morgan fingerprint density at radius 1 is 0.521 bits per heavy atom. The summed E-state index contributed by atoms with van der Waals surface area (Å²) in [5, 5.41) is 14.8. The quantitative estimate of drug-likeness (QED) is 0.196. The minimum atomic E-state index is -0.297. The Bertz CT molecular complexity index is 2510. The van der Waals surface area contributed by atoms with E-state index in [1.807, 2.05) is 18.2 Å². The summed E-state index contributed by atoms with van der Waals surface area (Å²) in [7, 11) is 0. The number of para-hydroxylation sites is 3. The number of fused-ring (bicyclic) bond motifs is 6. The highest BCUT2D eigenvalue weighted by atomic mass is 15.1. The van der Waals surface area contributed by atoms with E-state index in [4.69, 9.17) is 15.0 Å². The molecule has 0 fully saturated rings. The largest absolute Gasteiger partial charge is 0.309 e.